The van der Waals surface area contributed by atoms with Gasteiger partial charge in [-0.25, -0.2) is 9.69 Å². The number of rotatable bonds is 8. The van der Waals surface area contributed by atoms with Gasteiger partial charge in [0.15, 0.2) is 0 Å². The number of carbonyl (C=O) groups excluding carboxylic acids is 4. The summed E-state index contributed by atoms with van der Waals surface area (Å²) in [5, 5.41) is 2.64. The summed E-state index contributed by atoms with van der Waals surface area (Å²) in [4.78, 5) is 53.2. The van der Waals surface area contributed by atoms with Crippen LogP contribution in [0.1, 0.15) is 40.5 Å². The Balaban J connectivity index is 1.43. The Bertz CT molecular complexity index is 1190. The van der Waals surface area contributed by atoms with Crippen LogP contribution in [-0.2, 0) is 19.1 Å². The molecule has 188 valence electrons. The Morgan fingerprint density at radius 3 is 2.25 bits per heavy atom. The van der Waals surface area contributed by atoms with Crippen LogP contribution in [0.25, 0.3) is 0 Å². The number of unbranched alkanes of at least 4 members (excludes halogenated alkanes) is 1. The molecule has 1 fully saturated rings. The van der Waals surface area contributed by atoms with Gasteiger partial charge in [0.2, 0.25) is 0 Å². The lowest BCUT2D eigenvalue weighted by molar-refractivity contribution is -0.120. The molecule has 2 aliphatic heterocycles. The first-order valence-electron chi connectivity index (χ1n) is 11.7. The number of nitrogens with zero attached hydrogens (tertiary/aromatic N) is 2. The van der Waals surface area contributed by atoms with E-state index in [1.54, 1.807) is 29.2 Å². The van der Waals surface area contributed by atoms with E-state index in [0.717, 1.165) is 17.7 Å². The smallest absolute Gasteiger partial charge is 0.338 e. The minimum atomic E-state index is -0.679. The van der Waals surface area contributed by atoms with E-state index >= 15 is 0 Å². The van der Waals surface area contributed by atoms with Gasteiger partial charge < -0.3 is 19.7 Å². The van der Waals surface area contributed by atoms with E-state index in [-0.39, 0.29) is 22.3 Å². The van der Waals surface area contributed by atoms with Gasteiger partial charge in [0, 0.05) is 24.3 Å². The molecule has 1 N–H and O–H groups in total. The molecule has 10 heteroatoms. The maximum Gasteiger partial charge on any atom is 0.338 e. The Hall–Kier alpha value is -3.69. The second kappa shape index (κ2) is 11.4. The van der Waals surface area contributed by atoms with Gasteiger partial charge in [0.25, 0.3) is 17.7 Å². The molecule has 2 aromatic rings. The number of halogens is 1. The number of esters is 1. The van der Waals surface area contributed by atoms with Crippen LogP contribution in [0.3, 0.4) is 0 Å². The monoisotopic (exact) mass is 511 g/mol. The number of morpholine rings is 1. The van der Waals surface area contributed by atoms with Crippen molar-refractivity contribution in [2.24, 2.45) is 0 Å². The summed E-state index contributed by atoms with van der Waals surface area (Å²) in [5.74, 6) is -1.88. The van der Waals surface area contributed by atoms with Crippen LogP contribution in [0.15, 0.2) is 59.3 Å². The predicted octanol–water partition coefficient (Wildman–Crippen LogP) is 3.55. The first-order valence-corrected chi connectivity index (χ1v) is 12.1. The Morgan fingerprint density at radius 2 is 1.61 bits per heavy atom. The second-order valence-electron chi connectivity index (χ2n) is 8.28. The Morgan fingerprint density at radius 1 is 0.972 bits per heavy atom. The minimum Gasteiger partial charge on any atom is -0.462 e. The molecule has 0 radical (unpaired) electrons. The van der Waals surface area contributed by atoms with Crippen LogP contribution in [0, 0.1) is 0 Å². The average molecular weight is 512 g/mol. The van der Waals surface area contributed by atoms with E-state index in [1.807, 2.05) is 6.92 Å². The third-order valence-corrected chi connectivity index (χ3v) is 6.17. The van der Waals surface area contributed by atoms with Crippen LogP contribution in [0.5, 0.6) is 0 Å². The molecule has 2 heterocycles. The molecule has 0 bridgehead atoms. The normalized spacial score (nSPS) is 15.9. The standard InChI is InChI=1S/C26H26ClN3O6/c1-2-3-14-36-26(34)18-6-10-20(11-7-18)30-24(32)21(27)22(25(30)33)28-19-8-4-17(5-9-19)23(31)29-12-15-35-16-13-29/h4-11,28H,2-3,12-16H2,1H3. The van der Waals surface area contributed by atoms with E-state index in [0.29, 0.717) is 49.7 Å². The highest BCUT2D eigenvalue weighted by Crippen LogP contribution is 2.30. The Kier molecular flexibility index (Phi) is 8.02. The number of anilines is 2. The minimum absolute atomic E-state index is 0.0722. The topological polar surface area (TPSA) is 105 Å². The highest BCUT2D eigenvalue weighted by Gasteiger charge is 2.39. The van der Waals surface area contributed by atoms with Crippen molar-refractivity contribution in [2.45, 2.75) is 19.8 Å². The maximum absolute atomic E-state index is 13.0. The molecule has 36 heavy (non-hydrogen) atoms. The molecule has 1 saturated heterocycles. The number of benzene rings is 2. The molecular formula is C26H26ClN3O6. The fourth-order valence-electron chi connectivity index (χ4n) is 3.77. The van der Waals surface area contributed by atoms with Crippen molar-refractivity contribution in [3.05, 3.63) is 70.4 Å². The van der Waals surface area contributed by atoms with Gasteiger partial charge in [0.1, 0.15) is 10.7 Å². The van der Waals surface area contributed by atoms with Crippen molar-refractivity contribution >= 4 is 46.7 Å². The number of carbonyl (C=O) groups is 4. The largest absolute Gasteiger partial charge is 0.462 e. The van der Waals surface area contributed by atoms with E-state index in [4.69, 9.17) is 21.1 Å². The zero-order valence-corrected chi connectivity index (χ0v) is 20.5. The fourth-order valence-corrected chi connectivity index (χ4v) is 3.99. The summed E-state index contributed by atoms with van der Waals surface area (Å²) >= 11 is 6.21. The van der Waals surface area contributed by atoms with E-state index < -0.39 is 17.8 Å². The van der Waals surface area contributed by atoms with E-state index in [9.17, 15) is 19.2 Å². The van der Waals surface area contributed by atoms with Crippen LogP contribution in [-0.4, -0.2) is 61.5 Å². The molecular weight excluding hydrogens is 486 g/mol. The summed E-state index contributed by atoms with van der Waals surface area (Å²) in [6.07, 6.45) is 1.68. The van der Waals surface area contributed by atoms with E-state index in [1.165, 1.54) is 24.3 Å². The fraction of sp³-hybridized carbons (Fsp3) is 0.308. The molecule has 0 aliphatic carbocycles. The lowest BCUT2D eigenvalue weighted by Crippen LogP contribution is -2.40. The molecule has 0 aromatic heterocycles. The summed E-state index contributed by atoms with van der Waals surface area (Å²) < 4.78 is 10.5. The summed E-state index contributed by atoms with van der Waals surface area (Å²) in [5.41, 5.74) is 1.52. The summed E-state index contributed by atoms with van der Waals surface area (Å²) in [7, 11) is 0. The van der Waals surface area contributed by atoms with Crippen LogP contribution < -0.4 is 10.2 Å². The van der Waals surface area contributed by atoms with Gasteiger partial charge in [-0.05, 0) is 55.0 Å². The summed E-state index contributed by atoms with van der Waals surface area (Å²) in [6, 6.07) is 12.5. The highest BCUT2D eigenvalue weighted by molar-refractivity contribution is 6.53. The Labute approximate surface area is 213 Å². The first kappa shape index (κ1) is 25.4. The van der Waals surface area contributed by atoms with Crippen molar-refractivity contribution in [1.82, 2.24) is 4.90 Å². The number of imide groups is 1. The van der Waals surface area contributed by atoms with Crippen molar-refractivity contribution in [1.29, 1.82) is 0 Å². The maximum atomic E-state index is 13.0. The van der Waals surface area contributed by atoms with Crippen LogP contribution >= 0.6 is 11.6 Å². The number of ether oxygens (including phenoxy) is 2. The van der Waals surface area contributed by atoms with Crippen molar-refractivity contribution < 1.29 is 28.7 Å². The third kappa shape index (κ3) is 5.42. The van der Waals surface area contributed by atoms with Crippen molar-refractivity contribution in [2.75, 3.05) is 43.1 Å². The van der Waals surface area contributed by atoms with E-state index in [2.05, 4.69) is 5.32 Å². The van der Waals surface area contributed by atoms with Crippen LogP contribution in [0.4, 0.5) is 11.4 Å². The quantitative estimate of drug-likeness (QED) is 0.328. The summed E-state index contributed by atoms with van der Waals surface area (Å²) in [6.45, 7) is 4.42. The zero-order valence-electron chi connectivity index (χ0n) is 19.8. The molecule has 0 unspecified atom stereocenters. The molecule has 3 amide bonds. The van der Waals surface area contributed by atoms with Gasteiger partial charge in [-0.3, -0.25) is 14.4 Å². The van der Waals surface area contributed by atoms with Crippen LogP contribution in [0.2, 0.25) is 0 Å². The lowest BCUT2D eigenvalue weighted by atomic mass is 10.1. The zero-order chi connectivity index (χ0) is 25.7. The average Bonchev–Trinajstić information content (AvgIpc) is 3.12. The molecule has 9 nitrogen and oxygen atoms in total. The lowest BCUT2D eigenvalue weighted by Gasteiger charge is -2.26. The van der Waals surface area contributed by atoms with Gasteiger partial charge in [-0.1, -0.05) is 24.9 Å². The first-order chi connectivity index (χ1) is 17.4. The van der Waals surface area contributed by atoms with Gasteiger partial charge in [0.05, 0.1) is 31.1 Å². The highest BCUT2D eigenvalue weighted by atomic mass is 35.5. The predicted molar refractivity (Wildman–Crippen MR) is 134 cm³/mol. The molecule has 0 spiro atoms. The van der Waals surface area contributed by atoms with Crippen molar-refractivity contribution in [3.8, 4) is 0 Å². The van der Waals surface area contributed by atoms with Gasteiger partial charge in [-0.15, -0.1) is 0 Å². The SMILES string of the molecule is CCCCOC(=O)c1ccc(N2C(=O)C(Cl)=C(Nc3ccc(C(=O)N4CCOCC4)cc3)C2=O)cc1. The molecule has 4 rings (SSSR count). The molecule has 0 atom stereocenters. The number of hydrogen-bond acceptors (Lipinski definition) is 7. The second-order valence-corrected chi connectivity index (χ2v) is 8.66. The number of hydrogen-bond donors (Lipinski definition) is 1. The third-order valence-electron chi connectivity index (χ3n) is 5.82. The molecule has 0 saturated carbocycles. The van der Waals surface area contributed by atoms with Gasteiger partial charge in [-0.2, -0.15) is 0 Å². The molecule has 2 aromatic carbocycles. The number of amides is 3. The number of nitrogens with one attached hydrogen (secondary N) is 1. The van der Waals surface area contributed by atoms with Gasteiger partial charge >= 0.3 is 5.97 Å². The molecule has 2 aliphatic rings. The van der Waals surface area contributed by atoms with Crippen molar-refractivity contribution in [3.63, 3.8) is 0 Å².